The van der Waals surface area contributed by atoms with E-state index in [0.29, 0.717) is 22.1 Å². The number of aliphatic hydroxyl groups is 1. The first-order valence-electron chi connectivity index (χ1n) is 10.3. The van der Waals surface area contributed by atoms with Crippen LogP contribution >= 0.6 is 11.3 Å². The zero-order chi connectivity index (χ0) is 22.6. The summed E-state index contributed by atoms with van der Waals surface area (Å²) in [5.74, 6) is 0.0393. The van der Waals surface area contributed by atoms with Crippen molar-refractivity contribution in [1.29, 1.82) is 0 Å². The van der Waals surface area contributed by atoms with Crippen LogP contribution in [0.2, 0.25) is 0 Å². The van der Waals surface area contributed by atoms with Gasteiger partial charge in [0.25, 0.3) is 5.91 Å². The number of fused-ring (bicyclic) bond motifs is 3. The molecular formula is C22H21F3N4O2S. The van der Waals surface area contributed by atoms with E-state index in [1.807, 2.05) is 6.20 Å². The van der Waals surface area contributed by atoms with Crippen LogP contribution < -0.4 is 5.32 Å². The first-order chi connectivity index (χ1) is 15.3. The number of aliphatic hydroxyl groups excluding tert-OH is 1. The van der Waals surface area contributed by atoms with E-state index < -0.39 is 11.7 Å². The van der Waals surface area contributed by atoms with Crippen LogP contribution in [0.4, 0.5) is 13.2 Å². The van der Waals surface area contributed by atoms with Crippen LogP contribution in [0.1, 0.15) is 34.5 Å². The molecule has 0 bridgehead atoms. The van der Waals surface area contributed by atoms with E-state index in [4.69, 9.17) is 0 Å². The number of aromatic nitrogens is 3. The molecule has 1 saturated carbocycles. The first-order valence-corrected chi connectivity index (χ1v) is 11.1. The van der Waals surface area contributed by atoms with Crippen LogP contribution in [0, 0.1) is 5.92 Å². The molecule has 0 saturated heterocycles. The predicted molar refractivity (Wildman–Crippen MR) is 116 cm³/mol. The van der Waals surface area contributed by atoms with Crippen molar-refractivity contribution < 1.29 is 23.1 Å². The summed E-state index contributed by atoms with van der Waals surface area (Å²) in [5.41, 5.74) is 0.426. The molecule has 0 aliphatic heterocycles. The van der Waals surface area contributed by atoms with Gasteiger partial charge in [-0.25, -0.2) is 0 Å². The molecular weight excluding hydrogens is 441 g/mol. The number of aryl methyl sites for hydroxylation is 1. The van der Waals surface area contributed by atoms with Gasteiger partial charge in [-0.3, -0.25) is 14.0 Å². The molecule has 3 heterocycles. The molecule has 1 amide bonds. The van der Waals surface area contributed by atoms with Crippen LogP contribution in [0.5, 0.6) is 0 Å². The van der Waals surface area contributed by atoms with Gasteiger partial charge in [-0.2, -0.15) is 18.3 Å². The maximum Gasteiger partial charge on any atom is 0.416 e. The zero-order valence-corrected chi connectivity index (χ0v) is 18.0. The Morgan fingerprint density at radius 2 is 2.00 bits per heavy atom. The van der Waals surface area contributed by atoms with E-state index in [0.717, 1.165) is 47.0 Å². The largest absolute Gasteiger partial charge is 0.416 e. The monoisotopic (exact) mass is 462 g/mol. The van der Waals surface area contributed by atoms with Crippen molar-refractivity contribution in [3.05, 3.63) is 47.0 Å². The topological polar surface area (TPSA) is 72.1 Å². The standard InChI is InChI=1S/C22H21F3N4O2S/c1-28-10-16-15-9-18(20(31)26-17(11-30)12-3-2-4-12)32-21(15)29(19(16)27-28)14-7-5-13(6-8-14)22(23,24)25/h5-10,12,17,30H,2-4,11H2,1H3,(H,26,31). The highest BCUT2D eigenvalue weighted by atomic mass is 32.1. The maximum atomic E-state index is 13.0. The fourth-order valence-corrected chi connectivity index (χ4v) is 5.31. The molecule has 3 aromatic heterocycles. The number of hydrogen-bond acceptors (Lipinski definition) is 4. The van der Waals surface area contributed by atoms with Crippen molar-refractivity contribution in [2.75, 3.05) is 6.61 Å². The summed E-state index contributed by atoms with van der Waals surface area (Å²) in [6, 6.07) is 6.43. The third-order valence-electron chi connectivity index (χ3n) is 6.14. The van der Waals surface area contributed by atoms with E-state index in [-0.39, 0.29) is 18.6 Å². The van der Waals surface area contributed by atoms with Gasteiger partial charge in [-0.1, -0.05) is 6.42 Å². The number of hydrogen-bond donors (Lipinski definition) is 2. The number of benzene rings is 1. The van der Waals surface area contributed by atoms with Gasteiger partial charge in [0, 0.05) is 29.7 Å². The highest BCUT2D eigenvalue weighted by Gasteiger charge is 2.31. The summed E-state index contributed by atoms with van der Waals surface area (Å²) in [5, 5.41) is 18.7. The second kappa shape index (κ2) is 7.63. The molecule has 1 aromatic carbocycles. The second-order valence-electron chi connectivity index (χ2n) is 8.20. The molecule has 1 fully saturated rings. The molecule has 1 atom stereocenters. The lowest BCUT2D eigenvalue weighted by Gasteiger charge is -2.32. The summed E-state index contributed by atoms with van der Waals surface area (Å²) in [6.45, 7) is -0.105. The molecule has 4 aromatic rings. The van der Waals surface area contributed by atoms with E-state index in [1.165, 1.54) is 23.5 Å². The Kier molecular flexibility index (Phi) is 5.01. The van der Waals surface area contributed by atoms with Gasteiger partial charge in [0.15, 0.2) is 5.65 Å². The number of thiophene rings is 1. The van der Waals surface area contributed by atoms with Crippen LogP contribution in [-0.4, -0.2) is 38.0 Å². The number of rotatable bonds is 5. The lowest BCUT2D eigenvalue weighted by Crippen LogP contribution is -2.45. The van der Waals surface area contributed by atoms with E-state index in [2.05, 4.69) is 10.4 Å². The maximum absolute atomic E-state index is 13.0. The van der Waals surface area contributed by atoms with Crippen molar-refractivity contribution in [2.45, 2.75) is 31.5 Å². The third-order valence-corrected chi connectivity index (χ3v) is 7.25. The van der Waals surface area contributed by atoms with Gasteiger partial charge < -0.3 is 10.4 Å². The SMILES string of the molecule is Cn1cc2c3cc(C(=O)NC(CO)C4CCC4)sc3n(-c3ccc(C(F)(F)F)cc3)c2n1. The number of nitrogens with zero attached hydrogens (tertiary/aromatic N) is 3. The number of amides is 1. The Morgan fingerprint density at radius 1 is 1.28 bits per heavy atom. The molecule has 1 aliphatic rings. The van der Waals surface area contributed by atoms with E-state index in [9.17, 15) is 23.1 Å². The van der Waals surface area contributed by atoms with Gasteiger partial charge in [0.2, 0.25) is 0 Å². The Labute approximate surface area is 185 Å². The Balaban J connectivity index is 1.56. The molecule has 6 nitrogen and oxygen atoms in total. The van der Waals surface area contributed by atoms with Crippen molar-refractivity contribution in [3.63, 3.8) is 0 Å². The van der Waals surface area contributed by atoms with Gasteiger partial charge in [-0.15, -0.1) is 11.3 Å². The highest BCUT2D eigenvalue weighted by Crippen LogP contribution is 2.38. The Bertz CT molecular complexity index is 1300. The number of carbonyl (C=O) groups excluding carboxylic acids is 1. The van der Waals surface area contributed by atoms with Crippen molar-refractivity contribution in [2.24, 2.45) is 13.0 Å². The molecule has 0 spiro atoms. The van der Waals surface area contributed by atoms with E-state index in [1.54, 1.807) is 22.4 Å². The molecule has 32 heavy (non-hydrogen) atoms. The fraction of sp³-hybridized carbons (Fsp3) is 0.364. The molecule has 10 heteroatoms. The lowest BCUT2D eigenvalue weighted by molar-refractivity contribution is -0.137. The van der Waals surface area contributed by atoms with Crippen LogP contribution in [-0.2, 0) is 13.2 Å². The molecule has 5 rings (SSSR count). The quantitative estimate of drug-likeness (QED) is 0.459. The summed E-state index contributed by atoms with van der Waals surface area (Å²) in [6.07, 6.45) is 0.511. The van der Waals surface area contributed by atoms with Crippen LogP contribution in [0.15, 0.2) is 36.5 Å². The molecule has 2 N–H and O–H groups in total. The highest BCUT2D eigenvalue weighted by molar-refractivity contribution is 7.20. The molecule has 168 valence electrons. The first kappa shape index (κ1) is 21.0. The number of nitrogens with one attached hydrogen (secondary N) is 1. The molecule has 1 aliphatic carbocycles. The fourth-order valence-electron chi connectivity index (χ4n) is 4.21. The third kappa shape index (κ3) is 3.47. The normalized spacial score (nSPS) is 15.9. The minimum Gasteiger partial charge on any atom is -0.394 e. The summed E-state index contributed by atoms with van der Waals surface area (Å²) >= 11 is 1.26. The Hall–Kier alpha value is -2.85. The number of carbonyl (C=O) groups is 1. The van der Waals surface area contributed by atoms with Gasteiger partial charge >= 0.3 is 6.18 Å². The smallest absolute Gasteiger partial charge is 0.394 e. The molecule has 0 radical (unpaired) electrons. The van der Waals surface area contributed by atoms with Crippen LogP contribution in [0.3, 0.4) is 0 Å². The van der Waals surface area contributed by atoms with Crippen molar-refractivity contribution in [1.82, 2.24) is 19.7 Å². The number of alkyl halides is 3. The minimum absolute atomic E-state index is 0.105. The van der Waals surface area contributed by atoms with Gasteiger partial charge in [-0.05, 0) is 49.1 Å². The van der Waals surface area contributed by atoms with Gasteiger partial charge in [0.1, 0.15) is 4.83 Å². The predicted octanol–water partition coefficient (Wildman–Crippen LogP) is 4.49. The second-order valence-corrected chi connectivity index (χ2v) is 9.23. The van der Waals surface area contributed by atoms with Crippen molar-refractivity contribution >= 4 is 38.5 Å². The summed E-state index contributed by atoms with van der Waals surface area (Å²) < 4.78 is 42.4. The summed E-state index contributed by atoms with van der Waals surface area (Å²) in [4.78, 5) is 14.1. The zero-order valence-electron chi connectivity index (χ0n) is 17.2. The number of halogens is 3. The minimum atomic E-state index is -4.41. The average molecular weight is 462 g/mol. The van der Waals surface area contributed by atoms with Crippen molar-refractivity contribution in [3.8, 4) is 5.69 Å². The van der Waals surface area contributed by atoms with Gasteiger partial charge in [0.05, 0.1) is 23.1 Å². The summed E-state index contributed by atoms with van der Waals surface area (Å²) in [7, 11) is 1.77. The Morgan fingerprint density at radius 3 is 2.59 bits per heavy atom. The molecule has 1 unspecified atom stereocenters. The average Bonchev–Trinajstić information content (AvgIpc) is 3.35. The lowest BCUT2D eigenvalue weighted by atomic mass is 9.80. The van der Waals surface area contributed by atoms with E-state index >= 15 is 0 Å². The van der Waals surface area contributed by atoms with Crippen LogP contribution in [0.25, 0.3) is 26.9 Å².